The Kier molecular flexibility index (Phi) is 5.87. The SMILES string of the molecule is Cc1ccc(-n2nnnc2NCC2(NC(C)c3ccccc3)CCOCC2)cc1. The van der Waals surface area contributed by atoms with Gasteiger partial charge in [-0.15, -0.1) is 0 Å². The van der Waals surface area contributed by atoms with Crippen LogP contribution in [0.3, 0.4) is 0 Å². The number of hydrogen-bond donors (Lipinski definition) is 2. The number of aromatic nitrogens is 4. The molecule has 1 aromatic heterocycles. The topological polar surface area (TPSA) is 76.9 Å². The lowest BCUT2D eigenvalue weighted by Crippen LogP contribution is -2.54. The number of rotatable bonds is 7. The fourth-order valence-electron chi connectivity index (χ4n) is 3.82. The second-order valence-electron chi connectivity index (χ2n) is 7.77. The lowest BCUT2D eigenvalue weighted by molar-refractivity contribution is 0.0388. The molecular weight excluding hydrogens is 364 g/mol. The van der Waals surface area contributed by atoms with Crippen LogP contribution < -0.4 is 10.6 Å². The number of benzene rings is 2. The number of hydrogen-bond acceptors (Lipinski definition) is 6. The van der Waals surface area contributed by atoms with Crippen molar-refractivity contribution < 1.29 is 4.74 Å². The van der Waals surface area contributed by atoms with Crippen molar-refractivity contribution in [3.05, 3.63) is 65.7 Å². The third kappa shape index (κ3) is 4.63. The van der Waals surface area contributed by atoms with Crippen molar-refractivity contribution in [2.75, 3.05) is 25.1 Å². The highest BCUT2D eigenvalue weighted by Gasteiger charge is 2.34. The fraction of sp³-hybridized carbons (Fsp3) is 0.409. The Balaban J connectivity index is 1.50. The molecule has 0 radical (unpaired) electrons. The van der Waals surface area contributed by atoms with Crippen molar-refractivity contribution in [2.24, 2.45) is 0 Å². The lowest BCUT2D eigenvalue weighted by Gasteiger charge is -2.40. The fourth-order valence-corrected chi connectivity index (χ4v) is 3.82. The zero-order chi connectivity index (χ0) is 20.1. The highest BCUT2D eigenvalue weighted by molar-refractivity contribution is 5.40. The predicted molar refractivity (Wildman–Crippen MR) is 113 cm³/mol. The van der Waals surface area contributed by atoms with Crippen LogP contribution in [0.1, 0.15) is 36.9 Å². The summed E-state index contributed by atoms with van der Waals surface area (Å²) in [5.41, 5.74) is 3.34. The summed E-state index contributed by atoms with van der Waals surface area (Å²) in [6, 6.07) is 18.9. The van der Waals surface area contributed by atoms with Gasteiger partial charge in [-0.2, -0.15) is 4.68 Å². The normalized spacial score (nSPS) is 17.0. The van der Waals surface area contributed by atoms with Gasteiger partial charge in [0, 0.05) is 31.3 Å². The smallest absolute Gasteiger partial charge is 0.247 e. The Morgan fingerprint density at radius 2 is 1.79 bits per heavy atom. The minimum Gasteiger partial charge on any atom is -0.381 e. The van der Waals surface area contributed by atoms with Gasteiger partial charge >= 0.3 is 0 Å². The second-order valence-corrected chi connectivity index (χ2v) is 7.77. The van der Waals surface area contributed by atoms with Gasteiger partial charge in [0.1, 0.15) is 0 Å². The van der Waals surface area contributed by atoms with Gasteiger partial charge in [0.2, 0.25) is 5.95 Å². The van der Waals surface area contributed by atoms with Gasteiger partial charge in [-0.3, -0.25) is 0 Å². The van der Waals surface area contributed by atoms with Crippen LogP contribution in [0.15, 0.2) is 54.6 Å². The Bertz CT molecular complexity index is 903. The minimum absolute atomic E-state index is 0.0857. The van der Waals surface area contributed by atoms with Crippen molar-refractivity contribution in [1.82, 2.24) is 25.5 Å². The molecule has 2 aromatic carbocycles. The molecule has 152 valence electrons. The summed E-state index contributed by atoms with van der Waals surface area (Å²) in [5, 5.41) is 19.6. The van der Waals surface area contributed by atoms with E-state index in [9.17, 15) is 0 Å². The maximum absolute atomic E-state index is 5.64. The van der Waals surface area contributed by atoms with Gasteiger partial charge in [0.05, 0.1) is 5.69 Å². The Hall–Kier alpha value is -2.77. The van der Waals surface area contributed by atoms with E-state index in [-0.39, 0.29) is 11.6 Å². The van der Waals surface area contributed by atoms with Crippen LogP contribution in [-0.4, -0.2) is 45.5 Å². The zero-order valence-electron chi connectivity index (χ0n) is 17.0. The molecule has 0 spiro atoms. The summed E-state index contributed by atoms with van der Waals surface area (Å²) in [5.74, 6) is 0.647. The first-order valence-corrected chi connectivity index (χ1v) is 10.1. The molecule has 0 amide bonds. The van der Waals surface area contributed by atoms with Crippen molar-refractivity contribution in [1.29, 1.82) is 0 Å². The molecule has 7 nitrogen and oxygen atoms in total. The third-order valence-electron chi connectivity index (χ3n) is 5.61. The Labute approximate surface area is 171 Å². The molecule has 7 heteroatoms. The standard InChI is InChI=1S/C22H28N6O/c1-17-8-10-20(11-9-17)28-21(25-26-27-28)23-16-22(12-14-29-15-13-22)24-18(2)19-6-4-3-5-7-19/h3-11,18,24H,12-16H2,1-2H3,(H,23,25,27). The van der Waals surface area contributed by atoms with Gasteiger partial charge < -0.3 is 15.4 Å². The van der Waals surface area contributed by atoms with E-state index in [0.717, 1.165) is 38.3 Å². The summed E-state index contributed by atoms with van der Waals surface area (Å²) in [6.07, 6.45) is 1.87. The highest BCUT2D eigenvalue weighted by atomic mass is 16.5. The van der Waals surface area contributed by atoms with E-state index < -0.39 is 0 Å². The average molecular weight is 393 g/mol. The van der Waals surface area contributed by atoms with Crippen LogP contribution in [0.5, 0.6) is 0 Å². The van der Waals surface area contributed by atoms with Crippen molar-refractivity contribution in [2.45, 2.75) is 38.3 Å². The van der Waals surface area contributed by atoms with E-state index in [2.05, 4.69) is 76.4 Å². The van der Waals surface area contributed by atoms with Crippen molar-refractivity contribution in [3.63, 3.8) is 0 Å². The van der Waals surface area contributed by atoms with Gasteiger partial charge in [-0.1, -0.05) is 53.1 Å². The molecule has 1 unspecified atom stereocenters. The minimum atomic E-state index is -0.0857. The highest BCUT2D eigenvalue weighted by Crippen LogP contribution is 2.26. The number of nitrogens with zero attached hydrogens (tertiary/aromatic N) is 4. The van der Waals surface area contributed by atoms with Gasteiger partial charge in [0.15, 0.2) is 0 Å². The Morgan fingerprint density at radius 1 is 1.07 bits per heavy atom. The molecule has 2 N–H and O–H groups in total. The number of nitrogens with one attached hydrogen (secondary N) is 2. The van der Waals surface area contributed by atoms with Crippen LogP contribution in [0.25, 0.3) is 5.69 Å². The first-order chi connectivity index (χ1) is 14.2. The molecular formula is C22H28N6O. The van der Waals surface area contributed by atoms with Crippen molar-refractivity contribution >= 4 is 5.95 Å². The molecule has 1 aliphatic rings. The number of anilines is 1. The molecule has 2 heterocycles. The molecule has 29 heavy (non-hydrogen) atoms. The molecule has 1 atom stereocenters. The molecule has 1 aliphatic heterocycles. The van der Waals surface area contributed by atoms with Crippen LogP contribution in [-0.2, 0) is 4.74 Å². The number of aryl methyl sites for hydroxylation is 1. The zero-order valence-corrected chi connectivity index (χ0v) is 17.0. The lowest BCUT2D eigenvalue weighted by atomic mass is 9.88. The molecule has 0 aliphatic carbocycles. The largest absolute Gasteiger partial charge is 0.381 e. The maximum Gasteiger partial charge on any atom is 0.247 e. The number of tetrazole rings is 1. The average Bonchev–Trinajstić information content (AvgIpc) is 3.23. The van der Waals surface area contributed by atoms with E-state index >= 15 is 0 Å². The summed E-state index contributed by atoms with van der Waals surface area (Å²) < 4.78 is 7.38. The first-order valence-electron chi connectivity index (χ1n) is 10.1. The summed E-state index contributed by atoms with van der Waals surface area (Å²) in [6.45, 7) is 6.50. The summed E-state index contributed by atoms with van der Waals surface area (Å²) in [7, 11) is 0. The van der Waals surface area contributed by atoms with Crippen LogP contribution >= 0.6 is 0 Å². The third-order valence-corrected chi connectivity index (χ3v) is 5.61. The number of ether oxygens (including phenoxy) is 1. The van der Waals surface area contributed by atoms with E-state index in [1.807, 2.05) is 18.2 Å². The van der Waals surface area contributed by atoms with E-state index in [4.69, 9.17) is 4.74 Å². The van der Waals surface area contributed by atoms with Gasteiger partial charge in [0.25, 0.3) is 0 Å². The monoisotopic (exact) mass is 392 g/mol. The van der Waals surface area contributed by atoms with E-state index in [1.165, 1.54) is 11.1 Å². The van der Waals surface area contributed by atoms with Crippen LogP contribution in [0.2, 0.25) is 0 Å². The van der Waals surface area contributed by atoms with Crippen LogP contribution in [0, 0.1) is 6.92 Å². The maximum atomic E-state index is 5.64. The predicted octanol–water partition coefficient (Wildman–Crippen LogP) is 3.28. The Morgan fingerprint density at radius 3 is 2.52 bits per heavy atom. The first kappa shape index (κ1) is 19.5. The van der Waals surface area contributed by atoms with Gasteiger partial charge in [-0.05, 0) is 54.8 Å². The molecule has 0 saturated carbocycles. The van der Waals surface area contributed by atoms with Gasteiger partial charge in [-0.25, -0.2) is 0 Å². The van der Waals surface area contributed by atoms with E-state index in [1.54, 1.807) is 4.68 Å². The molecule has 3 aromatic rings. The van der Waals surface area contributed by atoms with E-state index in [0.29, 0.717) is 5.95 Å². The van der Waals surface area contributed by atoms with Crippen molar-refractivity contribution in [3.8, 4) is 5.69 Å². The molecule has 0 bridgehead atoms. The quantitative estimate of drug-likeness (QED) is 0.643. The summed E-state index contributed by atoms with van der Waals surface area (Å²) >= 11 is 0. The molecule has 1 saturated heterocycles. The molecule has 4 rings (SSSR count). The summed E-state index contributed by atoms with van der Waals surface area (Å²) in [4.78, 5) is 0. The van der Waals surface area contributed by atoms with Crippen LogP contribution in [0.4, 0.5) is 5.95 Å². The molecule has 1 fully saturated rings. The second kappa shape index (κ2) is 8.71.